The maximum absolute atomic E-state index is 12.8. The molecule has 2 saturated heterocycles. The van der Waals surface area contributed by atoms with Crippen LogP contribution in [-0.4, -0.2) is 123 Å². The van der Waals surface area contributed by atoms with Crippen molar-refractivity contribution in [3.63, 3.8) is 0 Å². The molecule has 5 heterocycles. The summed E-state index contributed by atoms with van der Waals surface area (Å²) in [6, 6.07) is 11.4. The van der Waals surface area contributed by atoms with Gasteiger partial charge in [-0.1, -0.05) is 46.4 Å². The Labute approximate surface area is 358 Å². The summed E-state index contributed by atoms with van der Waals surface area (Å²) in [5.74, 6) is 1.80. The lowest BCUT2D eigenvalue weighted by atomic mass is 10.2. The Morgan fingerprint density at radius 3 is 1.57 bits per heavy atom. The van der Waals surface area contributed by atoms with Crippen molar-refractivity contribution in [2.24, 2.45) is 0 Å². The van der Waals surface area contributed by atoms with Crippen molar-refractivity contribution >= 4 is 92.2 Å². The maximum atomic E-state index is 12.8. The number of benzene rings is 2. The molecule has 2 aliphatic heterocycles. The van der Waals surface area contributed by atoms with Gasteiger partial charge in [-0.3, -0.25) is 19.0 Å². The zero-order valence-corrected chi connectivity index (χ0v) is 36.3. The van der Waals surface area contributed by atoms with Crippen molar-refractivity contribution < 1.29 is 19.1 Å². The van der Waals surface area contributed by atoms with Crippen molar-refractivity contribution in [1.29, 1.82) is 0 Å². The van der Waals surface area contributed by atoms with Crippen molar-refractivity contribution in [2.45, 2.75) is 26.9 Å². The molecule has 0 atom stereocenters. The van der Waals surface area contributed by atoms with Crippen LogP contribution in [0.1, 0.15) is 11.4 Å². The van der Waals surface area contributed by atoms with Crippen LogP contribution in [0.25, 0.3) is 5.82 Å². The van der Waals surface area contributed by atoms with E-state index in [-0.39, 0.29) is 24.9 Å². The zero-order chi connectivity index (χ0) is 40.1. The predicted octanol–water partition coefficient (Wildman–Crippen LogP) is 5.90. The van der Waals surface area contributed by atoms with Gasteiger partial charge in [-0.15, -0.1) is 0 Å². The van der Waals surface area contributed by atoms with Gasteiger partial charge >= 0.3 is 0 Å². The van der Waals surface area contributed by atoms with Crippen LogP contribution in [0, 0.1) is 17.5 Å². The van der Waals surface area contributed by atoms with E-state index in [1.54, 1.807) is 23.6 Å². The van der Waals surface area contributed by atoms with Gasteiger partial charge in [0.25, 0.3) is 0 Å². The van der Waals surface area contributed by atoms with Crippen molar-refractivity contribution in [3.8, 4) is 17.3 Å². The number of rotatable bonds is 9. The standard InChI is InChI=1S/C19H21Cl2N7O2.C17H19Cl2IN4O2/c1-13-18(21)19(28-12-22-11-23-28)24-27(13)10-17(29)26-7-5-25(6-8-26)14-3-4-15(20)16(9-14)30-2;1-11-16(19)17(20)21-24(11)10-15(25)23-7-5-22(6-8-23)12-3-4-13(18)14(9-12)26-2/h3-4,9,11-12H,5-8,10H2,1-2H3;3-4,9H,5-8,10H2,1-2H3. The first-order chi connectivity index (χ1) is 26.9. The summed E-state index contributed by atoms with van der Waals surface area (Å²) in [5.41, 5.74) is 3.59. The molecule has 0 radical (unpaired) electrons. The third kappa shape index (κ3) is 9.41. The maximum Gasteiger partial charge on any atom is 0.244 e. The van der Waals surface area contributed by atoms with Crippen LogP contribution in [-0.2, 0) is 22.7 Å². The largest absolute Gasteiger partial charge is 0.495 e. The summed E-state index contributed by atoms with van der Waals surface area (Å²) >= 11 is 26.8. The molecular formula is C36H40Cl4IN11O4. The molecule has 0 saturated carbocycles. The van der Waals surface area contributed by atoms with Gasteiger partial charge in [-0.25, -0.2) is 4.98 Å². The topological polar surface area (TPSA) is 132 Å². The molecular weight excluding hydrogens is 919 g/mol. The van der Waals surface area contributed by atoms with Crippen LogP contribution in [0.3, 0.4) is 0 Å². The van der Waals surface area contributed by atoms with E-state index in [0.29, 0.717) is 69.3 Å². The number of anilines is 2. The molecule has 2 aromatic carbocycles. The van der Waals surface area contributed by atoms with Crippen molar-refractivity contribution in [1.82, 2.24) is 44.1 Å². The van der Waals surface area contributed by atoms with Crippen LogP contribution in [0.2, 0.25) is 20.1 Å². The number of hydrogen-bond donors (Lipinski definition) is 0. The molecule has 2 amide bonds. The van der Waals surface area contributed by atoms with Gasteiger partial charge in [-0.05, 0) is 60.7 Å². The number of amides is 2. The van der Waals surface area contributed by atoms with Gasteiger partial charge in [0.1, 0.15) is 46.0 Å². The lowest BCUT2D eigenvalue weighted by molar-refractivity contribution is -0.133. The number of nitrogens with zero attached hydrogens (tertiary/aromatic N) is 11. The lowest BCUT2D eigenvalue weighted by Gasteiger charge is -2.36. The summed E-state index contributed by atoms with van der Waals surface area (Å²) in [6.45, 7) is 9.55. The lowest BCUT2D eigenvalue weighted by Crippen LogP contribution is -2.49. The van der Waals surface area contributed by atoms with Crippen molar-refractivity contribution in [3.05, 3.63) is 84.2 Å². The van der Waals surface area contributed by atoms with E-state index in [2.05, 4.69) is 52.7 Å². The molecule has 7 rings (SSSR count). The average molecular weight is 960 g/mol. The van der Waals surface area contributed by atoms with Gasteiger partial charge in [-0.2, -0.15) is 20.0 Å². The molecule has 0 bridgehead atoms. The minimum atomic E-state index is -0.00394. The van der Waals surface area contributed by atoms with E-state index >= 15 is 0 Å². The number of hydrogen-bond acceptors (Lipinski definition) is 10. The SMILES string of the molecule is COc1cc(N2CCN(C(=O)Cn3nc(-n4cncn4)c(Cl)c3C)CC2)ccc1Cl.COc1cc(N2CCN(C(=O)Cn3nc(I)c(Cl)c3C)CC2)ccc1Cl. The van der Waals surface area contributed by atoms with E-state index in [1.165, 1.54) is 17.3 Å². The monoisotopic (exact) mass is 957 g/mol. The van der Waals surface area contributed by atoms with Crippen LogP contribution >= 0.6 is 69.0 Å². The smallest absolute Gasteiger partial charge is 0.244 e. The first-order valence-electron chi connectivity index (χ1n) is 17.6. The Balaban J connectivity index is 0.000000192. The minimum absolute atomic E-state index is 0.00394. The zero-order valence-electron chi connectivity index (χ0n) is 31.1. The number of methoxy groups -OCH3 is 2. The molecule has 0 spiro atoms. The highest BCUT2D eigenvalue weighted by Crippen LogP contribution is 2.31. The number of carbonyl (C=O) groups is 2. The number of carbonyl (C=O) groups excluding carboxylic acids is 2. The summed E-state index contributed by atoms with van der Waals surface area (Å²) in [6.07, 6.45) is 2.93. The normalized spacial score (nSPS) is 14.4. The Kier molecular flexibility index (Phi) is 13.8. The number of ether oxygens (including phenoxy) is 2. The number of aromatic nitrogens is 7. The fourth-order valence-corrected chi connectivity index (χ4v) is 7.74. The summed E-state index contributed by atoms with van der Waals surface area (Å²) < 4.78 is 16.1. The third-order valence-electron chi connectivity index (χ3n) is 9.68. The van der Waals surface area contributed by atoms with Crippen LogP contribution in [0.4, 0.5) is 11.4 Å². The van der Waals surface area contributed by atoms with Gasteiger partial charge in [0.2, 0.25) is 11.8 Å². The van der Waals surface area contributed by atoms with Gasteiger partial charge in [0.15, 0.2) is 5.82 Å². The fourth-order valence-electron chi connectivity index (χ4n) is 6.34. The Morgan fingerprint density at radius 1 is 0.696 bits per heavy atom. The third-order valence-corrected chi connectivity index (χ3v) is 12.3. The van der Waals surface area contributed by atoms with Crippen LogP contribution in [0.5, 0.6) is 11.5 Å². The highest BCUT2D eigenvalue weighted by Gasteiger charge is 2.26. The number of piperazine rings is 2. The Hall–Kier alpha value is -3.97. The fraction of sp³-hybridized carbons (Fsp3) is 0.389. The summed E-state index contributed by atoms with van der Waals surface area (Å²) in [4.78, 5) is 37.5. The molecule has 20 heteroatoms. The van der Waals surface area contributed by atoms with E-state index in [1.807, 2.05) is 60.0 Å². The first-order valence-corrected chi connectivity index (χ1v) is 20.2. The highest BCUT2D eigenvalue weighted by atomic mass is 127. The van der Waals surface area contributed by atoms with Gasteiger partial charge < -0.3 is 29.1 Å². The molecule has 56 heavy (non-hydrogen) atoms. The second kappa shape index (κ2) is 18.5. The summed E-state index contributed by atoms with van der Waals surface area (Å²) in [7, 11) is 3.20. The molecule has 5 aromatic rings. The highest BCUT2D eigenvalue weighted by molar-refractivity contribution is 14.1. The van der Waals surface area contributed by atoms with Crippen LogP contribution < -0.4 is 19.3 Å². The van der Waals surface area contributed by atoms with Crippen LogP contribution in [0.15, 0.2) is 49.1 Å². The number of halogens is 5. The molecule has 2 fully saturated rings. The van der Waals surface area contributed by atoms with E-state index in [0.717, 1.165) is 46.9 Å². The molecule has 0 unspecified atom stereocenters. The quantitative estimate of drug-likeness (QED) is 0.165. The molecule has 298 valence electrons. The van der Waals surface area contributed by atoms with E-state index in [4.69, 9.17) is 55.9 Å². The second-order valence-corrected chi connectivity index (χ2v) is 15.5. The predicted molar refractivity (Wildman–Crippen MR) is 225 cm³/mol. The molecule has 15 nitrogen and oxygen atoms in total. The Bertz CT molecular complexity index is 2170. The average Bonchev–Trinajstić information content (AvgIpc) is 3.91. The minimum Gasteiger partial charge on any atom is -0.495 e. The molecule has 3 aromatic heterocycles. The molecule has 2 aliphatic rings. The van der Waals surface area contributed by atoms with E-state index < -0.39 is 0 Å². The first kappa shape index (κ1) is 41.7. The molecule has 0 N–H and O–H groups in total. The van der Waals surface area contributed by atoms with Gasteiger partial charge in [0.05, 0.1) is 40.7 Å². The summed E-state index contributed by atoms with van der Waals surface area (Å²) in [5, 5.41) is 15.0. The van der Waals surface area contributed by atoms with Gasteiger partial charge in [0, 0.05) is 75.9 Å². The second-order valence-electron chi connectivity index (χ2n) is 12.9. The van der Waals surface area contributed by atoms with E-state index in [9.17, 15) is 9.59 Å². The Morgan fingerprint density at radius 2 is 1.16 bits per heavy atom. The molecule has 0 aliphatic carbocycles. The van der Waals surface area contributed by atoms with Crippen molar-refractivity contribution in [2.75, 3.05) is 76.4 Å².